The molecule has 0 aliphatic carbocycles. The van der Waals surface area contributed by atoms with Crippen molar-refractivity contribution in [2.45, 2.75) is 20.0 Å². The van der Waals surface area contributed by atoms with Crippen LogP contribution in [0.5, 0.6) is 0 Å². The van der Waals surface area contributed by atoms with Gasteiger partial charge in [-0.25, -0.2) is 0 Å². The van der Waals surface area contributed by atoms with Crippen LogP contribution in [0, 0.1) is 0 Å². The summed E-state index contributed by atoms with van der Waals surface area (Å²) < 4.78 is 10.1. The van der Waals surface area contributed by atoms with Gasteiger partial charge in [0.25, 0.3) is 0 Å². The zero-order valence-electron chi connectivity index (χ0n) is 9.58. The van der Waals surface area contributed by atoms with Crippen molar-refractivity contribution in [3.05, 3.63) is 36.4 Å². The first-order valence-corrected chi connectivity index (χ1v) is 5.21. The molecule has 17 heavy (non-hydrogen) atoms. The lowest BCUT2D eigenvalue weighted by atomic mass is 10.2. The van der Waals surface area contributed by atoms with Crippen molar-refractivity contribution in [3.63, 3.8) is 0 Å². The Hall–Kier alpha value is -2.17. The average molecular weight is 232 g/mol. The van der Waals surface area contributed by atoms with E-state index in [1.165, 1.54) is 6.92 Å². The SMILES string of the molecule is CC(=O)O[C@H](C)c1cc(-c2cccnc2)no1. The van der Waals surface area contributed by atoms with Crippen molar-refractivity contribution in [1.29, 1.82) is 0 Å². The minimum absolute atomic E-state index is 0.350. The maximum Gasteiger partial charge on any atom is 0.303 e. The molecular formula is C12H12N2O3. The predicted octanol–water partition coefficient (Wildman–Crippen LogP) is 2.36. The van der Waals surface area contributed by atoms with Gasteiger partial charge < -0.3 is 9.26 Å². The van der Waals surface area contributed by atoms with Gasteiger partial charge in [0.15, 0.2) is 11.9 Å². The molecule has 0 aromatic carbocycles. The molecule has 5 heteroatoms. The summed E-state index contributed by atoms with van der Waals surface area (Å²) in [6.45, 7) is 3.09. The minimum Gasteiger partial charge on any atom is -0.455 e. The van der Waals surface area contributed by atoms with Gasteiger partial charge in [-0.15, -0.1) is 0 Å². The molecule has 0 fully saturated rings. The number of rotatable bonds is 3. The summed E-state index contributed by atoms with van der Waals surface area (Å²) in [5.41, 5.74) is 1.53. The topological polar surface area (TPSA) is 65.2 Å². The van der Waals surface area contributed by atoms with Gasteiger partial charge in [-0.3, -0.25) is 9.78 Å². The number of esters is 1. The molecule has 2 heterocycles. The van der Waals surface area contributed by atoms with Crippen LogP contribution in [-0.4, -0.2) is 16.1 Å². The molecule has 88 valence electrons. The summed E-state index contributed by atoms with van der Waals surface area (Å²) in [5, 5.41) is 3.91. The van der Waals surface area contributed by atoms with Gasteiger partial charge in [-0.05, 0) is 19.1 Å². The highest BCUT2D eigenvalue weighted by molar-refractivity contribution is 5.66. The first-order valence-electron chi connectivity index (χ1n) is 5.21. The number of ether oxygens (including phenoxy) is 1. The van der Waals surface area contributed by atoms with Crippen LogP contribution >= 0.6 is 0 Å². The molecule has 0 aliphatic heterocycles. The van der Waals surface area contributed by atoms with Gasteiger partial charge in [0.05, 0.1) is 0 Å². The molecular weight excluding hydrogens is 220 g/mol. The van der Waals surface area contributed by atoms with Crippen LogP contribution in [0.1, 0.15) is 25.7 Å². The molecule has 0 aliphatic rings. The third-order valence-electron chi connectivity index (χ3n) is 2.23. The fourth-order valence-electron chi connectivity index (χ4n) is 1.44. The Bertz CT molecular complexity index is 507. The van der Waals surface area contributed by atoms with E-state index in [0.717, 1.165) is 5.56 Å². The Morgan fingerprint density at radius 1 is 1.53 bits per heavy atom. The highest BCUT2D eigenvalue weighted by atomic mass is 16.6. The van der Waals surface area contributed by atoms with Crippen LogP contribution < -0.4 is 0 Å². The van der Waals surface area contributed by atoms with Crippen molar-refractivity contribution < 1.29 is 14.1 Å². The number of aromatic nitrogens is 2. The van der Waals surface area contributed by atoms with Gasteiger partial charge in [0.2, 0.25) is 0 Å². The van der Waals surface area contributed by atoms with Crippen molar-refractivity contribution in [1.82, 2.24) is 10.1 Å². The summed E-state index contributed by atoms with van der Waals surface area (Å²) in [7, 11) is 0. The van der Waals surface area contributed by atoms with E-state index in [9.17, 15) is 4.79 Å². The summed E-state index contributed by atoms with van der Waals surface area (Å²) >= 11 is 0. The molecule has 0 unspecified atom stereocenters. The number of nitrogens with zero attached hydrogens (tertiary/aromatic N) is 2. The minimum atomic E-state index is -0.439. The lowest BCUT2D eigenvalue weighted by Crippen LogP contribution is -2.03. The van der Waals surface area contributed by atoms with Gasteiger partial charge in [-0.2, -0.15) is 0 Å². The van der Waals surface area contributed by atoms with Crippen LogP contribution in [0.4, 0.5) is 0 Å². The highest BCUT2D eigenvalue weighted by Gasteiger charge is 2.15. The quantitative estimate of drug-likeness (QED) is 0.760. The Balaban J connectivity index is 2.19. The van der Waals surface area contributed by atoms with Crippen molar-refractivity contribution in [2.75, 3.05) is 0 Å². The Morgan fingerprint density at radius 2 is 2.35 bits per heavy atom. The molecule has 5 nitrogen and oxygen atoms in total. The van der Waals surface area contributed by atoms with Crippen molar-refractivity contribution in [3.8, 4) is 11.3 Å². The van der Waals surface area contributed by atoms with E-state index in [1.54, 1.807) is 25.4 Å². The molecule has 2 aromatic rings. The second-order valence-electron chi connectivity index (χ2n) is 3.61. The lowest BCUT2D eigenvalue weighted by Gasteiger charge is -2.06. The van der Waals surface area contributed by atoms with Gasteiger partial charge in [0, 0.05) is 30.9 Å². The standard InChI is InChI=1S/C12H12N2O3/c1-8(16-9(2)15)12-6-11(14-17-12)10-4-3-5-13-7-10/h3-8H,1-2H3/t8-/m1/s1. The van der Waals surface area contributed by atoms with Crippen LogP contribution in [0.3, 0.4) is 0 Å². The van der Waals surface area contributed by atoms with Crippen molar-refractivity contribution >= 4 is 5.97 Å². The second-order valence-corrected chi connectivity index (χ2v) is 3.61. The first kappa shape index (κ1) is 11.3. The zero-order valence-corrected chi connectivity index (χ0v) is 9.58. The number of carbonyl (C=O) groups excluding carboxylic acids is 1. The van der Waals surface area contributed by atoms with E-state index >= 15 is 0 Å². The molecule has 2 rings (SSSR count). The second kappa shape index (κ2) is 4.78. The van der Waals surface area contributed by atoms with Crippen molar-refractivity contribution in [2.24, 2.45) is 0 Å². The molecule has 2 aromatic heterocycles. The normalized spacial score (nSPS) is 12.1. The van der Waals surface area contributed by atoms with Crippen LogP contribution in [0.2, 0.25) is 0 Å². The van der Waals surface area contributed by atoms with E-state index in [2.05, 4.69) is 10.1 Å². The predicted molar refractivity (Wildman–Crippen MR) is 59.9 cm³/mol. The summed E-state index contributed by atoms with van der Waals surface area (Å²) in [5.74, 6) is 0.163. The van der Waals surface area contributed by atoms with Crippen LogP contribution in [0.15, 0.2) is 35.1 Å². The van der Waals surface area contributed by atoms with E-state index in [-0.39, 0.29) is 5.97 Å². The largest absolute Gasteiger partial charge is 0.455 e. The third kappa shape index (κ3) is 2.69. The lowest BCUT2D eigenvalue weighted by molar-refractivity contribution is -0.146. The van der Waals surface area contributed by atoms with E-state index < -0.39 is 6.10 Å². The van der Waals surface area contributed by atoms with Gasteiger partial charge >= 0.3 is 5.97 Å². The molecule has 0 amide bonds. The Morgan fingerprint density at radius 3 is 3.00 bits per heavy atom. The molecule has 0 N–H and O–H groups in total. The number of pyridine rings is 1. The van der Waals surface area contributed by atoms with Crippen LogP contribution in [-0.2, 0) is 9.53 Å². The number of hydrogen-bond donors (Lipinski definition) is 0. The van der Waals surface area contributed by atoms with Gasteiger partial charge in [0.1, 0.15) is 5.69 Å². The maximum absolute atomic E-state index is 10.8. The van der Waals surface area contributed by atoms with E-state index in [4.69, 9.17) is 9.26 Å². The Kier molecular flexibility index (Phi) is 3.18. The molecule has 1 atom stereocenters. The van der Waals surface area contributed by atoms with E-state index in [0.29, 0.717) is 11.5 Å². The van der Waals surface area contributed by atoms with Gasteiger partial charge in [-0.1, -0.05) is 5.16 Å². The van der Waals surface area contributed by atoms with Crippen LogP contribution in [0.25, 0.3) is 11.3 Å². The zero-order chi connectivity index (χ0) is 12.3. The highest BCUT2D eigenvalue weighted by Crippen LogP contribution is 2.23. The monoisotopic (exact) mass is 232 g/mol. The fraction of sp³-hybridized carbons (Fsp3) is 0.250. The number of hydrogen-bond acceptors (Lipinski definition) is 5. The molecule has 0 bridgehead atoms. The van der Waals surface area contributed by atoms with E-state index in [1.807, 2.05) is 12.1 Å². The molecule has 0 saturated carbocycles. The number of carbonyl (C=O) groups is 1. The summed E-state index contributed by atoms with van der Waals surface area (Å²) in [4.78, 5) is 14.8. The third-order valence-corrected chi connectivity index (χ3v) is 2.23. The summed E-state index contributed by atoms with van der Waals surface area (Å²) in [6, 6.07) is 5.44. The molecule has 0 saturated heterocycles. The summed E-state index contributed by atoms with van der Waals surface area (Å²) in [6.07, 6.45) is 2.94. The fourth-order valence-corrected chi connectivity index (χ4v) is 1.44. The smallest absolute Gasteiger partial charge is 0.303 e. The average Bonchev–Trinajstić information content (AvgIpc) is 2.78. The first-order chi connectivity index (χ1) is 8.16. The molecule has 0 radical (unpaired) electrons. The molecule has 0 spiro atoms. The Labute approximate surface area is 98.4 Å². The maximum atomic E-state index is 10.8.